The van der Waals surface area contributed by atoms with Crippen molar-refractivity contribution >= 4 is 27.8 Å². The predicted molar refractivity (Wildman–Crippen MR) is 103 cm³/mol. The third kappa shape index (κ3) is 2.58. The lowest BCUT2D eigenvalue weighted by Gasteiger charge is -2.07. The molecule has 2 aromatic heterocycles. The maximum absolute atomic E-state index is 12.8. The fourth-order valence-corrected chi connectivity index (χ4v) is 3.29. The molecule has 2 N–H and O–H groups in total. The van der Waals surface area contributed by atoms with Gasteiger partial charge in [0.1, 0.15) is 5.69 Å². The highest BCUT2D eigenvalue weighted by molar-refractivity contribution is 6.09. The molecule has 2 aromatic carbocycles. The van der Waals surface area contributed by atoms with Crippen LogP contribution in [0.4, 0.5) is 0 Å². The van der Waals surface area contributed by atoms with E-state index in [1.165, 1.54) is 6.07 Å². The van der Waals surface area contributed by atoms with Crippen molar-refractivity contribution < 1.29 is 9.53 Å². The molecule has 0 saturated carbocycles. The summed E-state index contributed by atoms with van der Waals surface area (Å²) in [6.45, 7) is 3.90. The second kappa shape index (κ2) is 6.19. The number of hydrogen-bond donors (Lipinski definition) is 2. The van der Waals surface area contributed by atoms with Crippen molar-refractivity contribution in [3.05, 3.63) is 70.0 Å². The molecule has 0 aliphatic carbocycles. The number of carbonyl (C=O) groups excluding carboxylic acids is 1. The zero-order chi connectivity index (χ0) is 18.3. The normalized spacial score (nSPS) is 11.2. The summed E-state index contributed by atoms with van der Waals surface area (Å²) < 4.78 is 5.01. The van der Waals surface area contributed by atoms with Gasteiger partial charge in [0, 0.05) is 22.7 Å². The highest BCUT2D eigenvalue weighted by Gasteiger charge is 2.16. The second-order valence-corrected chi connectivity index (χ2v) is 6.22. The molecule has 0 amide bonds. The summed E-state index contributed by atoms with van der Waals surface area (Å²) in [4.78, 5) is 31.2. The Hall–Kier alpha value is -3.34. The summed E-state index contributed by atoms with van der Waals surface area (Å²) in [5, 5.41) is 1.41. The van der Waals surface area contributed by atoms with Gasteiger partial charge in [-0.05, 0) is 37.1 Å². The smallest absolute Gasteiger partial charge is 0.354 e. The number of fused-ring (bicyclic) bond motifs is 3. The van der Waals surface area contributed by atoms with Crippen molar-refractivity contribution in [3.8, 4) is 11.3 Å². The lowest BCUT2D eigenvalue weighted by molar-refractivity contribution is 0.0520. The standard InChI is InChI=1S/C21H18N2O3/c1-3-26-21(25)17-11-18(24)19-14-10-15(13-7-5-4-6-8-13)22-16(14)9-12(2)20(19)23-17/h4-11,22H,3H2,1-2H3,(H,23,24). The number of pyridine rings is 1. The number of H-pyrrole nitrogens is 2. The fourth-order valence-electron chi connectivity index (χ4n) is 3.29. The van der Waals surface area contributed by atoms with Gasteiger partial charge in [0.25, 0.3) is 0 Å². The Morgan fingerprint density at radius 1 is 1.08 bits per heavy atom. The highest BCUT2D eigenvalue weighted by atomic mass is 16.5. The summed E-state index contributed by atoms with van der Waals surface area (Å²) in [6, 6.07) is 15.2. The molecule has 4 aromatic rings. The van der Waals surface area contributed by atoms with Crippen LogP contribution in [0.3, 0.4) is 0 Å². The lowest BCUT2D eigenvalue weighted by Crippen LogP contribution is -2.13. The van der Waals surface area contributed by atoms with Gasteiger partial charge in [-0.3, -0.25) is 4.79 Å². The molecule has 0 radical (unpaired) electrons. The van der Waals surface area contributed by atoms with E-state index in [0.717, 1.165) is 27.7 Å². The molecular weight excluding hydrogens is 328 g/mol. The largest absolute Gasteiger partial charge is 0.461 e. The van der Waals surface area contributed by atoms with E-state index in [9.17, 15) is 9.59 Å². The Morgan fingerprint density at radius 3 is 2.58 bits per heavy atom. The van der Waals surface area contributed by atoms with E-state index in [1.807, 2.05) is 49.4 Å². The van der Waals surface area contributed by atoms with E-state index in [-0.39, 0.29) is 17.7 Å². The number of carbonyl (C=O) groups is 1. The minimum atomic E-state index is -0.523. The third-order valence-corrected chi connectivity index (χ3v) is 4.48. The van der Waals surface area contributed by atoms with Gasteiger partial charge >= 0.3 is 5.97 Å². The Labute approximate surface area is 149 Å². The quantitative estimate of drug-likeness (QED) is 0.547. The van der Waals surface area contributed by atoms with E-state index in [4.69, 9.17) is 4.74 Å². The van der Waals surface area contributed by atoms with Crippen LogP contribution in [0.2, 0.25) is 0 Å². The van der Waals surface area contributed by atoms with Crippen LogP contribution in [0.15, 0.2) is 53.3 Å². The van der Waals surface area contributed by atoms with Crippen LogP contribution < -0.4 is 5.43 Å². The van der Waals surface area contributed by atoms with Crippen LogP contribution >= 0.6 is 0 Å². The van der Waals surface area contributed by atoms with Gasteiger partial charge in [0.2, 0.25) is 0 Å². The molecule has 0 fully saturated rings. The Balaban J connectivity index is 1.99. The molecule has 5 nitrogen and oxygen atoms in total. The van der Waals surface area contributed by atoms with E-state index >= 15 is 0 Å². The number of esters is 1. The average molecular weight is 346 g/mol. The van der Waals surface area contributed by atoms with Crippen LogP contribution in [-0.4, -0.2) is 22.5 Å². The third-order valence-electron chi connectivity index (χ3n) is 4.48. The van der Waals surface area contributed by atoms with Crippen molar-refractivity contribution in [1.82, 2.24) is 9.97 Å². The first-order chi connectivity index (χ1) is 12.6. The van der Waals surface area contributed by atoms with Gasteiger partial charge in [-0.1, -0.05) is 30.3 Å². The number of aromatic amines is 2. The minimum absolute atomic E-state index is 0.172. The first-order valence-electron chi connectivity index (χ1n) is 8.50. The van der Waals surface area contributed by atoms with Gasteiger partial charge in [-0.2, -0.15) is 0 Å². The Morgan fingerprint density at radius 2 is 1.85 bits per heavy atom. The van der Waals surface area contributed by atoms with Gasteiger partial charge in [-0.25, -0.2) is 4.79 Å². The number of hydrogen-bond acceptors (Lipinski definition) is 3. The molecule has 0 spiro atoms. The number of rotatable bonds is 3. The van der Waals surface area contributed by atoms with Crippen molar-refractivity contribution in [3.63, 3.8) is 0 Å². The van der Waals surface area contributed by atoms with Gasteiger partial charge < -0.3 is 14.7 Å². The van der Waals surface area contributed by atoms with Crippen LogP contribution in [-0.2, 0) is 4.74 Å². The van der Waals surface area contributed by atoms with E-state index in [0.29, 0.717) is 10.9 Å². The maximum Gasteiger partial charge on any atom is 0.354 e. The molecule has 5 heteroatoms. The summed E-state index contributed by atoms with van der Waals surface area (Å²) in [6.07, 6.45) is 0. The van der Waals surface area contributed by atoms with Crippen LogP contribution in [0.25, 0.3) is 33.1 Å². The number of nitrogens with one attached hydrogen (secondary N) is 2. The van der Waals surface area contributed by atoms with Crippen LogP contribution in [0, 0.1) is 6.92 Å². The summed E-state index contributed by atoms with van der Waals surface area (Å²) in [7, 11) is 0. The first-order valence-corrected chi connectivity index (χ1v) is 8.50. The zero-order valence-corrected chi connectivity index (χ0v) is 14.6. The number of aryl methyl sites for hydroxylation is 1. The molecule has 26 heavy (non-hydrogen) atoms. The van der Waals surface area contributed by atoms with E-state index in [1.54, 1.807) is 6.92 Å². The lowest BCUT2D eigenvalue weighted by atomic mass is 10.0. The summed E-state index contributed by atoms with van der Waals surface area (Å²) in [5.74, 6) is -0.523. The molecule has 2 heterocycles. The van der Waals surface area contributed by atoms with Gasteiger partial charge in [0.15, 0.2) is 5.43 Å². The average Bonchev–Trinajstić information content (AvgIpc) is 3.06. The predicted octanol–water partition coefficient (Wildman–Crippen LogP) is 4.16. The summed E-state index contributed by atoms with van der Waals surface area (Å²) >= 11 is 0. The van der Waals surface area contributed by atoms with Crippen molar-refractivity contribution in [2.75, 3.05) is 6.61 Å². The summed E-state index contributed by atoms with van der Waals surface area (Å²) in [5.41, 5.74) is 4.40. The first kappa shape index (κ1) is 16.1. The molecule has 0 saturated heterocycles. The van der Waals surface area contributed by atoms with E-state index in [2.05, 4.69) is 9.97 Å². The molecule has 130 valence electrons. The monoisotopic (exact) mass is 346 g/mol. The van der Waals surface area contributed by atoms with Crippen LogP contribution in [0.5, 0.6) is 0 Å². The molecule has 0 atom stereocenters. The molecule has 0 aliphatic rings. The SMILES string of the molecule is CCOC(=O)c1cc(=O)c2c([nH]1)c(C)cc1[nH]c(-c3ccccc3)cc12. The topological polar surface area (TPSA) is 75.0 Å². The Kier molecular flexibility index (Phi) is 3.84. The van der Waals surface area contributed by atoms with Crippen molar-refractivity contribution in [1.29, 1.82) is 0 Å². The minimum Gasteiger partial charge on any atom is -0.461 e. The van der Waals surface area contributed by atoms with Crippen molar-refractivity contribution in [2.24, 2.45) is 0 Å². The fraction of sp³-hybridized carbons (Fsp3) is 0.143. The van der Waals surface area contributed by atoms with Gasteiger partial charge in [-0.15, -0.1) is 0 Å². The molecule has 4 rings (SSSR count). The number of benzene rings is 2. The molecule has 0 aliphatic heterocycles. The zero-order valence-electron chi connectivity index (χ0n) is 14.6. The van der Waals surface area contributed by atoms with Crippen molar-refractivity contribution in [2.45, 2.75) is 13.8 Å². The Bertz CT molecular complexity index is 1190. The second-order valence-electron chi connectivity index (χ2n) is 6.22. The van der Waals surface area contributed by atoms with Crippen LogP contribution in [0.1, 0.15) is 23.0 Å². The van der Waals surface area contributed by atoms with Gasteiger partial charge in [0.05, 0.1) is 17.5 Å². The number of aromatic nitrogens is 2. The maximum atomic E-state index is 12.8. The van der Waals surface area contributed by atoms with E-state index < -0.39 is 5.97 Å². The number of ether oxygens (including phenoxy) is 1. The molecule has 0 bridgehead atoms. The molecular formula is C21H18N2O3. The highest BCUT2D eigenvalue weighted by Crippen LogP contribution is 2.30. The molecule has 0 unspecified atom stereocenters.